The van der Waals surface area contributed by atoms with Crippen molar-refractivity contribution in [3.63, 3.8) is 0 Å². The first kappa shape index (κ1) is 19.4. The van der Waals surface area contributed by atoms with Gasteiger partial charge in [0.05, 0.1) is 12.7 Å². The second kappa shape index (κ2) is 8.62. The highest BCUT2D eigenvalue weighted by molar-refractivity contribution is 5.92. The number of rotatable bonds is 3. The standard InChI is InChI=1S/C13H20O2.C3H6O3/c1-9-7-11(15)8-13(3,4)12(9)6-5-10(2)14;1-2-6-3(4)5/h5-7,10,12,14H,8H2,1-4H3;2H2,1H3,(H,4,5). The SMILES string of the molecule is CC1=CC(=O)CC(C)(C)C1C=CC(C)O.CCOC(=O)O. The van der Waals surface area contributed by atoms with Crippen molar-refractivity contribution in [3.8, 4) is 0 Å². The van der Waals surface area contributed by atoms with Crippen molar-refractivity contribution in [2.24, 2.45) is 11.3 Å². The molecular weight excluding hydrogens is 272 g/mol. The van der Waals surface area contributed by atoms with E-state index in [0.29, 0.717) is 6.42 Å². The fourth-order valence-corrected chi connectivity index (χ4v) is 2.38. The quantitative estimate of drug-likeness (QED) is 0.617. The molecule has 0 aromatic heterocycles. The summed E-state index contributed by atoms with van der Waals surface area (Å²) in [7, 11) is 0. The van der Waals surface area contributed by atoms with Crippen molar-refractivity contribution >= 4 is 11.9 Å². The average Bonchev–Trinajstić information content (AvgIpc) is 2.26. The van der Waals surface area contributed by atoms with Gasteiger partial charge < -0.3 is 14.9 Å². The van der Waals surface area contributed by atoms with Gasteiger partial charge in [0.2, 0.25) is 0 Å². The Balaban J connectivity index is 0.000000567. The number of ketones is 1. The first-order chi connectivity index (χ1) is 9.60. The van der Waals surface area contributed by atoms with Crippen molar-refractivity contribution in [1.82, 2.24) is 0 Å². The minimum Gasteiger partial charge on any atom is -0.450 e. The van der Waals surface area contributed by atoms with Gasteiger partial charge >= 0.3 is 6.16 Å². The van der Waals surface area contributed by atoms with Crippen LogP contribution in [0.25, 0.3) is 0 Å². The lowest BCUT2D eigenvalue weighted by molar-refractivity contribution is -0.117. The Kier molecular flexibility index (Phi) is 7.95. The Bertz CT molecular complexity index is 418. The molecule has 1 aliphatic rings. The van der Waals surface area contributed by atoms with Gasteiger partial charge in [-0.3, -0.25) is 4.79 Å². The predicted octanol–water partition coefficient (Wildman–Crippen LogP) is 3.19. The van der Waals surface area contributed by atoms with E-state index in [0.717, 1.165) is 5.57 Å². The maximum atomic E-state index is 11.4. The molecule has 0 heterocycles. The van der Waals surface area contributed by atoms with Gasteiger partial charge in [0.25, 0.3) is 0 Å². The first-order valence-corrected chi connectivity index (χ1v) is 7.03. The Morgan fingerprint density at radius 3 is 2.48 bits per heavy atom. The van der Waals surface area contributed by atoms with Crippen molar-refractivity contribution < 1.29 is 24.5 Å². The molecule has 2 atom stereocenters. The Hall–Kier alpha value is -1.62. The first-order valence-electron chi connectivity index (χ1n) is 7.03. The van der Waals surface area contributed by atoms with Crippen LogP contribution in [0.15, 0.2) is 23.8 Å². The molecule has 0 fully saturated rings. The van der Waals surface area contributed by atoms with E-state index in [1.807, 2.05) is 13.0 Å². The molecule has 0 saturated heterocycles. The lowest BCUT2D eigenvalue weighted by Gasteiger charge is -2.35. The summed E-state index contributed by atoms with van der Waals surface area (Å²) in [6, 6.07) is 0. The van der Waals surface area contributed by atoms with Crippen molar-refractivity contribution in [2.75, 3.05) is 6.61 Å². The zero-order valence-electron chi connectivity index (χ0n) is 13.4. The number of carbonyl (C=O) groups is 2. The van der Waals surface area contributed by atoms with Gasteiger partial charge in [-0.05, 0) is 32.3 Å². The maximum Gasteiger partial charge on any atom is 0.505 e. The van der Waals surface area contributed by atoms with Gasteiger partial charge in [-0.1, -0.05) is 31.6 Å². The highest BCUT2D eigenvalue weighted by Gasteiger charge is 2.34. The molecule has 0 aromatic carbocycles. The molecule has 120 valence electrons. The zero-order valence-corrected chi connectivity index (χ0v) is 13.4. The molecule has 0 bridgehead atoms. The maximum absolute atomic E-state index is 11.4. The summed E-state index contributed by atoms with van der Waals surface area (Å²) in [5, 5.41) is 16.9. The van der Waals surface area contributed by atoms with Gasteiger partial charge in [-0.15, -0.1) is 0 Å². The van der Waals surface area contributed by atoms with Crippen molar-refractivity contribution in [3.05, 3.63) is 23.8 Å². The molecule has 0 aliphatic heterocycles. The van der Waals surface area contributed by atoms with E-state index in [1.54, 1.807) is 26.0 Å². The highest BCUT2D eigenvalue weighted by Crippen LogP contribution is 2.40. The number of aliphatic hydroxyl groups excluding tert-OH is 1. The molecule has 0 amide bonds. The van der Waals surface area contributed by atoms with Crippen LogP contribution in [0.5, 0.6) is 0 Å². The third-order valence-electron chi connectivity index (χ3n) is 3.20. The molecule has 1 rings (SSSR count). The second-order valence-corrected chi connectivity index (χ2v) is 5.82. The summed E-state index contributed by atoms with van der Waals surface area (Å²) in [4.78, 5) is 20.8. The van der Waals surface area contributed by atoms with E-state index in [-0.39, 0.29) is 23.7 Å². The summed E-state index contributed by atoms with van der Waals surface area (Å²) in [5.41, 5.74) is 1.05. The molecular formula is C16H26O5. The number of ether oxygens (including phenoxy) is 1. The van der Waals surface area contributed by atoms with Gasteiger partial charge in [-0.2, -0.15) is 0 Å². The van der Waals surface area contributed by atoms with Crippen molar-refractivity contribution in [1.29, 1.82) is 0 Å². The monoisotopic (exact) mass is 298 g/mol. The molecule has 2 N–H and O–H groups in total. The Labute approximate surface area is 126 Å². The van der Waals surface area contributed by atoms with Crippen LogP contribution in [0.4, 0.5) is 4.79 Å². The molecule has 1 aliphatic carbocycles. The lowest BCUT2D eigenvalue weighted by Crippen LogP contribution is -2.30. The lowest BCUT2D eigenvalue weighted by atomic mass is 9.68. The van der Waals surface area contributed by atoms with Crippen LogP contribution < -0.4 is 0 Å². The van der Waals surface area contributed by atoms with E-state index in [2.05, 4.69) is 18.6 Å². The van der Waals surface area contributed by atoms with E-state index < -0.39 is 12.3 Å². The third kappa shape index (κ3) is 7.66. The molecule has 0 spiro atoms. The average molecular weight is 298 g/mol. The van der Waals surface area contributed by atoms with Gasteiger partial charge in [0, 0.05) is 12.3 Å². The van der Waals surface area contributed by atoms with Gasteiger partial charge in [-0.25, -0.2) is 4.79 Å². The highest BCUT2D eigenvalue weighted by atomic mass is 16.7. The van der Waals surface area contributed by atoms with Crippen LogP contribution in [0.3, 0.4) is 0 Å². The minimum absolute atomic E-state index is 0.0404. The van der Waals surface area contributed by atoms with Crippen LogP contribution in [0.2, 0.25) is 0 Å². The van der Waals surface area contributed by atoms with E-state index in [4.69, 9.17) is 5.11 Å². The van der Waals surface area contributed by atoms with E-state index >= 15 is 0 Å². The fraction of sp³-hybridized carbons (Fsp3) is 0.625. The number of hydrogen-bond acceptors (Lipinski definition) is 4. The second-order valence-electron chi connectivity index (χ2n) is 5.82. The Morgan fingerprint density at radius 2 is 2.14 bits per heavy atom. The van der Waals surface area contributed by atoms with Crippen LogP contribution >= 0.6 is 0 Å². The summed E-state index contributed by atoms with van der Waals surface area (Å²) < 4.78 is 3.96. The van der Waals surface area contributed by atoms with Gasteiger partial charge in [0.15, 0.2) is 5.78 Å². The van der Waals surface area contributed by atoms with Crippen LogP contribution in [0, 0.1) is 11.3 Å². The number of carboxylic acid groups (broad SMARTS) is 1. The van der Waals surface area contributed by atoms with Crippen LogP contribution in [-0.2, 0) is 9.53 Å². The molecule has 0 aromatic rings. The summed E-state index contributed by atoms with van der Waals surface area (Å²) in [6.45, 7) is 9.76. The van der Waals surface area contributed by atoms with Gasteiger partial charge in [0.1, 0.15) is 0 Å². The van der Waals surface area contributed by atoms with Crippen LogP contribution in [-0.4, -0.2) is 34.9 Å². The molecule has 5 nitrogen and oxygen atoms in total. The molecule has 0 radical (unpaired) electrons. The number of carbonyl (C=O) groups excluding carboxylic acids is 1. The number of allylic oxidation sites excluding steroid dienone is 3. The van der Waals surface area contributed by atoms with E-state index in [9.17, 15) is 14.7 Å². The van der Waals surface area contributed by atoms with Crippen molar-refractivity contribution in [2.45, 2.75) is 47.1 Å². The smallest absolute Gasteiger partial charge is 0.450 e. The summed E-state index contributed by atoms with van der Waals surface area (Å²) in [6.07, 6.45) is 4.48. The zero-order chi connectivity index (χ0) is 16.6. The summed E-state index contributed by atoms with van der Waals surface area (Å²) in [5.74, 6) is 0.462. The number of hydrogen-bond donors (Lipinski definition) is 2. The third-order valence-corrected chi connectivity index (χ3v) is 3.20. The molecule has 2 unspecified atom stereocenters. The summed E-state index contributed by atoms with van der Waals surface area (Å²) >= 11 is 0. The number of aliphatic hydroxyl groups is 1. The minimum atomic E-state index is -1.21. The largest absolute Gasteiger partial charge is 0.505 e. The predicted molar refractivity (Wildman–Crippen MR) is 81.1 cm³/mol. The van der Waals surface area contributed by atoms with E-state index in [1.165, 1.54) is 0 Å². The van der Waals surface area contributed by atoms with Crippen LogP contribution in [0.1, 0.15) is 41.0 Å². The Morgan fingerprint density at radius 1 is 1.57 bits per heavy atom. The topological polar surface area (TPSA) is 83.8 Å². The fourth-order valence-electron chi connectivity index (χ4n) is 2.38. The normalized spacial score (nSPS) is 22.1. The molecule has 5 heteroatoms. The molecule has 0 saturated carbocycles. The molecule has 21 heavy (non-hydrogen) atoms.